The van der Waals surface area contributed by atoms with Crippen LogP contribution in [0.3, 0.4) is 0 Å². The number of hydrogen-bond donors (Lipinski definition) is 1. The summed E-state index contributed by atoms with van der Waals surface area (Å²) in [5.74, 6) is -1.14. The summed E-state index contributed by atoms with van der Waals surface area (Å²) in [7, 11) is -0.924. The van der Waals surface area contributed by atoms with E-state index in [-0.39, 0.29) is 5.56 Å². The Bertz CT molecular complexity index is 695. The van der Waals surface area contributed by atoms with Gasteiger partial charge in [-0.25, -0.2) is 8.42 Å². The van der Waals surface area contributed by atoms with Crippen LogP contribution in [0.4, 0.5) is 5.69 Å². The van der Waals surface area contributed by atoms with E-state index in [1.807, 2.05) is 0 Å². The Morgan fingerprint density at radius 3 is 2.71 bits per heavy atom. The maximum atomic E-state index is 12.4. The molecule has 1 fully saturated rings. The molecule has 2 unspecified atom stereocenters. The van der Waals surface area contributed by atoms with Gasteiger partial charge in [-0.1, -0.05) is 6.42 Å². The van der Waals surface area contributed by atoms with Crippen molar-refractivity contribution in [2.24, 2.45) is 13.0 Å². The second kappa shape index (κ2) is 5.88. The zero-order valence-corrected chi connectivity index (χ0v) is 12.7. The third kappa shape index (κ3) is 3.26. The van der Waals surface area contributed by atoms with Crippen LogP contribution in [0.1, 0.15) is 19.3 Å². The van der Waals surface area contributed by atoms with Gasteiger partial charge < -0.3 is 9.30 Å². The molecule has 0 aliphatic heterocycles. The van der Waals surface area contributed by atoms with Gasteiger partial charge in [-0.15, -0.1) is 0 Å². The zero-order valence-electron chi connectivity index (χ0n) is 11.9. The Morgan fingerprint density at radius 2 is 2.10 bits per heavy atom. The second-order valence-electron chi connectivity index (χ2n) is 5.11. The molecule has 1 aromatic rings. The monoisotopic (exact) mass is 314 g/mol. The molecular formula is C13H18N2O5S. The van der Waals surface area contributed by atoms with E-state index in [1.165, 1.54) is 37.1 Å². The highest BCUT2D eigenvalue weighted by atomic mass is 32.2. The minimum absolute atomic E-state index is 0.230. The van der Waals surface area contributed by atoms with Crippen molar-refractivity contribution in [2.45, 2.75) is 24.5 Å². The fourth-order valence-electron chi connectivity index (χ4n) is 2.61. The third-order valence-corrected chi connectivity index (χ3v) is 5.58. The molecule has 8 heteroatoms. The van der Waals surface area contributed by atoms with Crippen LogP contribution in [-0.4, -0.2) is 31.3 Å². The molecule has 0 spiro atoms. The van der Waals surface area contributed by atoms with E-state index in [1.54, 1.807) is 0 Å². The summed E-state index contributed by atoms with van der Waals surface area (Å²) in [6, 6.07) is 2.69. The average Bonchev–Trinajstić information content (AvgIpc) is 2.92. The predicted octanol–water partition coefficient (Wildman–Crippen LogP) is 0.469. The molecule has 1 aliphatic rings. The van der Waals surface area contributed by atoms with Crippen LogP contribution in [0, 0.1) is 5.92 Å². The number of ether oxygens (including phenoxy) is 1. The van der Waals surface area contributed by atoms with Gasteiger partial charge in [0, 0.05) is 19.3 Å². The van der Waals surface area contributed by atoms with Crippen molar-refractivity contribution in [3.8, 4) is 0 Å². The van der Waals surface area contributed by atoms with Gasteiger partial charge >= 0.3 is 5.97 Å². The summed E-state index contributed by atoms with van der Waals surface area (Å²) in [6.07, 6.45) is 2.99. The summed E-state index contributed by atoms with van der Waals surface area (Å²) in [5.41, 5.74) is 0.0684. The van der Waals surface area contributed by atoms with Crippen molar-refractivity contribution in [2.75, 3.05) is 11.8 Å². The summed E-state index contributed by atoms with van der Waals surface area (Å²) in [5, 5.41) is -0.804. The average molecular weight is 314 g/mol. The molecule has 1 aliphatic carbocycles. The Kier molecular flexibility index (Phi) is 4.36. The smallest absolute Gasteiger partial charge is 0.310 e. The van der Waals surface area contributed by atoms with E-state index in [0.717, 1.165) is 0 Å². The fourth-order valence-corrected chi connectivity index (χ4v) is 4.37. The molecule has 0 aromatic carbocycles. The van der Waals surface area contributed by atoms with Crippen LogP contribution in [0.15, 0.2) is 23.1 Å². The summed E-state index contributed by atoms with van der Waals surface area (Å²) in [6.45, 7) is 0. The molecule has 1 heterocycles. The first kappa shape index (κ1) is 15.6. The fraction of sp³-hybridized carbons (Fsp3) is 0.538. The van der Waals surface area contributed by atoms with Crippen molar-refractivity contribution in [3.05, 3.63) is 28.7 Å². The number of nitrogens with one attached hydrogen (secondary N) is 1. The number of nitrogens with zero attached hydrogens (tertiary/aromatic N) is 1. The normalized spacial score (nSPS) is 22.0. The van der Waals surface area contributed by atoms with Crippen LogP contribution >= 0.6 is 0 Å². The van der Waals surface area contributed by atoms with Crippen LogP contribution in [-0.2, 0) is 26.6 Å². The number of carbonyl (C=O) groups excluding carboxylic acids is 1. The number of pyridine rings is 1. The van der Waals surface area contributed by atoms with Gasteiger partial charge in [0.15, 0.2) is 0 Å². The molecule has 0 bridgehead atoms. The lowest BCUT2D eigenvalue weighted by molar-refractivity contribution is -0.145. The number of rotatable bonds is 4. The summed E-state index contributed by atoms with van der Waals surface area (Å²) < 4.78 is 33.2. The highest BCUT2D eigenvalue weighted by Gasteiger charge is 2.42. The van der Waals surface area contributed by atoms with Gasteiger partial charge in [0.1, 0.15) is 0 Å². The van der Waals surface area contributed by atoms with Gasteiger partial charge in [-0.2, -0.15) is 0 Å². The van der Waals surface area contributed by atoms with Crippen LogP contribution in [0.2, 0.25) is 0 Å². The maximum Gasteiger partial charge on any atom is 0.310 e. The van der Waals surface area contributed by atoms with Crippen molar-refractivity contribution in [1.82, 2.24) is 4.57 Å². The molecule has 1 N–H and O–H groups in total. The SMILES string of the molecule is COC(=O)C1CCCC1S(=O)(=O)Nc1ccc(=O)n(C)c1. The minimum Gasteiger partial charge on any atom is -0.469 e. The molecule has 0 amide bonds. The number of esters is 1. The first-order valence-electron chi connectivity index (χ1n) is 6.61. The lowest BCUT2D eigenvalue weighted by Crippen LogP contribution is -2.35. The number of aromatic nitrogens is 1. The van der Waals surface area contributed by atoms with Crippen molar-refractivity contribution < 1.29 is 17.9 Å². The number of methoxy groups -OCH3 is 1. The van der Waals surface area contributed by atoms with Crippen LogP contribution < -0.4 is 10.3 Å². The Morgan fingerprint density at radius 1 is 1.38 bits per heavy atom. The largest absolute Gasteiger partial charge is 0.469 e. The van der Waals surface area contributed by atoms with Gasteiger partial charge in [0.05, 0.1) is 24.0 Å². The molecule has 21 heavy (non-hydrogen) atoms. The predicted molar refractivity (Wildman–Crippen MR) is 77.4 cm³/mol. The minimum atomic E-state index is -3.71. The van der Waals surface area contributed by atoms with Crippen LogP contribution in [0.25, 0.3) is 0 Å². The Balaban J connectivity index is 2.23. The molecule has 0 radical (unpaired) electrons. The van der Waals surface area contributed by atoms with Gasteiger partial charge in [-0.05, 0) is 18.9 Å². The highest BCUT2D eigenvalue weighted by Crippen LogP contribution is 2.32. The number of anilines is 1. The first-order valence-corrected chi connectivity index (χ1v) is 8.16. The summed E-state index contributed by atoms with van der Waals surface area (Å²) in [4.78, 5) is 23.0. The molecule has 7 nitrogen and oxygen atoms in total. The lowest BCUT2D eigenvalue weighted by Gasteiger charge is -2.19. The third-order valence-electron chi connectivity index (χ3n) is 3.70. The van der Waals surface area contributed by atoms with Gasteiger partial charge in [0.25, 0.3) is 0 Å². The van der Waals surface area contributed by atoms with E-state index in [4.69, 9.17) is 0 Å². The van der Waals surface area contributed by atoms with Crippen LogP contribution in [0.5, 0.6) is 0 Å². The molecule has 2 rings (SSSR count). The van der Waals surface area contributed by atoms with E-state index in [0.29, 0.717) is 24.9 Å². The number of aryl methyl sites for hydroxylation is 1. The maximum absolute atomic E-state index is 12.4. The Hall–Kier alpha value is -1.83. The highest BCUT2D eigenvalue weighted by molar-refractivity contribution is 7.93. The summed E-state index contributed by atoms with van der Waals surface area (Å²) >= 11 is 0. The lowest BCUT2D eigenvalue weighted by atomic mass is 10.1. The zero-order chi connectivity index (χ0) is 15.6. The molecule has 2 atom stereocenters. The molecule has 1 saturated carbocycles. The number of carbonyl (C=O) groups is 1. The molecular weight excluding hydrogens is 296 g/mol. The second-order valence-corrected chi connectivity index (χ2v) is 7.01. The van der Waals surface area contributed by atoms with Crippen molar-refractivity contribution in [3.63, 3.8) is 0 Å². The number of hydrogen-bond acceptors (Lipinski definition) is 5. The molecule has 0 saturated heterocycles. The number of sulfonamides is 1. The quantitative estimate of drug-likeness (QED) is 0.815. The Labute approximate surface area is 123 Å². The topological polar surface area (TPSA) is 94.5 Å². The van der Waals surface area contributed by atoms with Gasteiger partial charge in [0.2, 0.25) is 15.6 Å². The van der Waals surface area contributed by atoms with E-state index < -0.39 is 27.2 Å². The first-order chi connectivity index (χ1) is 9.85. The molecule has 116 valence electrons. The van der Waals surface area contributed by atoms with Gasteiger partial charge in [-0.3, -0.25) is 14.3 Å². The van der Waals surface area contributed by atoms with E-state index in [2.05, 4.69) is 9.46 Å². The van der Waals surface area contributed by atoms with E-state index >= 15 is 0 Å². The standard InChI is InChI=1S/C13H18N2O5S/c1-15-8-9(6-7-12(15)16)14-21(18,19)11-5-3-4-10(11)13(17)20-2/h6-8,10-11,14H,3-5H2,1-2H3. The molecule has 1 aromatic heterocycles. The van der Waals surface area contributed by atoms with E-state index in [9.17, 15) is 18.0 Å². The van der Waals surface area contributed by atoms with Crippen molar-refractivity contribution in [1.29, 1.82) is 0 Å². The van der Waals surface area contributed by atoms with Crippen molar-refractivity contribution >= 4 is 21.7 Å².